The second kappa shape index (κ2) is 5.10. The fraction of sp³-hybridized carbons (Fsp3) is 0.0667. The van der Waals surface area contributed by atoms with Crippen molar-refractivity contribution in [2.75, 3.05) is 0 Å². The Labute approximate surface area is 114 Å². The van der Waals surface area contributed by atoms with Gasteiger partial charge in [-0.3, -0.25) is 0 Å². The zero-order valence-corrected chi connectivity index (χ0v) is 10.2. The predicted molar refractivity (Wildman–Crippen MR) is 69.4 cm³/mol. The van der Waals surface area contributed by atoms with E-state index in [1.165, 1.54) is 0 Å². The Bertz CT molecular complexity index is 780. The Kier molecular flexibility index (Phi) is 3.33. The lowest BCUT2D eigenvalue weighted by Gasteiger charge is -2.00. The van der Waals surface area contributed by atoms with Crippen molar-refractivity contribution in [2.45, 2.75) is 6.42 Å². The van der Waals surface area contributed by atoms with Crippen LogP contribution in [0.1, 0.15) is 17.5 Å². The van der Waals surface area contributed by atoms with Crippen LogP contribution in [0.4, 0.5) is 0 Å². The molecule has 5 heteroatoms. The van der Waals surface area contributed by atoms with Gasteiger partial charge in [0, 0.05) is 6.42 Å². The number of nitrogens with zero attached hydrogens (tertiary/aromatic N) is 3. The Hall–Kier alpha value is -3.36. The Morgan fingerprint density at radius 2 is 1.55 bits per heavy atom. The van der Waals surface area contributed by atoms with Gasteiger partial charge in [0.15, 0.2) is 0 Å². The summed E-state index contributed by atoms with van der Waals surface area (Å²) in [7, 11) is 0. The van der Waals surface area contributed by atoms with Crippen molar-refractivity contribution in [3.8, 4) is 18.2 Å². The minimum absolute atomic E-state index is 0.0601. The summed E-state index contributed by atoms with van der Waals surface area (Å²) >= 11 is 0. The molecule has 0 saturated heterocycles. The molecule has 0 heterocycles. The number of hydrogen-bond donors (Lipinski definition) is 1. The maximum atomic E-state index is 11.1. The van der Waals surface area contributed by atoms with Crippen LogP contribution in [-0.4, -0.2) is 11.1 Å². The van der Waals surface area contributed by atoms with E-state index in [9.17, 15) is 4.79 Å². The maximum absolute atomic E-state index is 11.1. The van der Waals surface area contributed by atoms with Gasteiger partial charge in [-0.05, 0) is 22.3 Å². The first-order valence-corrected chi connectivity index (χ1v) is 5.63. The third-order valence-electron chi connectivity index (χ3n) is 3.08. The first-order valence-electron chi connectivity index (χ1n) is 5.63. The van der Waals surface area contributed by atoms with Gasteiger partial charge in [-0.2, -0.15) is 15.8 Å². The molecule has 1 aliphatic rings. The van der Waals surface area contributed by atoms with Crippen molar-refractivity contribution in [3.05, 3.63) is 46.5 Å². The van der Waals surface area contributed by atoms with E-state index in [0.29, 0.717) is 22.3 Å². The monoisotopic (exact) mass is 261 g/mol. The predicted octanol–water partition coefficient (Wildman–Crippen LogP) is 2.25. The van der Waals surface area contributed by atoms with Gasteiger partial charge in [-0.25, -0.2) is 4.79 Å². The summed E-state index contributed by atoms with van der Waals surface area (Å²) in [5.74, 6) is -1.31. The number of carboxylic acids is 1. The molecule has 1 N–H and O–H groups in total. The molecule has 0 saturated carbocycles. The van der Waals surface area contributed by atoms with Gasteiger partial charge in [0.1, 0.15) is 29.4 Å². The third-order valence-corrected chi connectivity index (χ3v) is 3.08. The second-order valence-corrected chi connectivity index (χ2v) is 4.07. The van der Waals surface area contributed by atoms with E-state index in [0.717, 1.165) is 0 Å². The van der Waals surface area contributed by atoms with E-state index in [1.807, 2.05) is 0 Å². The third kappa shape index (κ3) is 1.92. The molecule has 2 rings (SSSR count). The molecule has 0 aliphatic heterocycles. The number of hydrogen-bond acceptors (Lipinski definition) is 4. The summed E-state index contributed by atoms with van der Waals surface area (Å²) < 4.78 is 0. The van der Waals surface area contributed by atoms with E-state index in [2.05, 4.69) is 0 Å². The lowest BCUT2D eigenvalue weighted by molar-refractivity contribution is -0.132. The van der Waals surface area contributed by atoms with Crippen molar-refractivity contribution >= 4 is 17.1 Å². The first kappa shape index (κ1) is 13.1. The van der Waals surface area contributed by atoms with Crippen LogP contribution in [0, 0.1) is 34.0 Å². The van der Waals surface area contributed by atoms with E-state index in [1.54, 1.807) is 42.5 Å². The van der Waals surface area contributed by atoms with Gasteiger partial charge in [0.2, 0.25) is 0 Å². The van der Waals surface area contributed by atoms with E-state index in [-0.39, 0.29) is 17.6 Å². The molecule has 0 amide bonds. The molecule has 0 aromatic heterocycles. The van der Waals surface area contributed by atoms with Crippen molar-refractivity contribution in [1.82, 2.24) is 0 Å². The molecule has 1 aromatic carbocycles. The highest BCUT2D eigenvalue weighted by Crippen LogP contribution is 2.43. The molecule has 0 unspecified atom stereocenters. The SMILES string of the molecule is N#CC(C#N)=C1C/C(=C(\C#N)C(=O)O)c2ccccc21. The summed E-state index contributed by atoms with van der Waals surface area (Å²) in [5.41, 5.74) is 1.61. The molecule has 0 fully saturated rings. The lowest BCUT2D eigenvalue weighted by Crippen LogP contribution is -2.00. The van der Waals surface area contributed by atoms with Gasteiger partial charge in [-0.1, -0.05) is 24.3 Å². The van der Waals surface area contributed by atoms with Crippen molar-refractivity contribution in [2.24, 2.45) is 0 Å². The van der Waals surface area contributed by atoms with Crippen molar-refractivity contribution < 1.29 is 9.90 Å². The smallest absolute Gasteiger partial charge is 0.346 e. The van der Waals surface area contributed by atoms with Crippen LogP contribution in [0.3, 0.4) is 0 Å². The second-order valence-electron chi connectivity index (χ2n) is 4.07. The quantitative estimate of drug-likeness (QED) is 0.616. The number of benzene rings is 1. The van der Waals surface area contributed by atoms with E-state index >= 15 is 0 Å². The Morgan fingerprint density at radius 1 is 1.00 bits per heavy atom. The number of rotatable bonds is 1. The summed E-state index contributed by atoms with van der Waals surface area (Å²) in [4.78, 5) is 11.1. The van der Waals surface area contributed by atoms with Gasteiger partial charge in [0.05, 0.1) is 0 Å². The van der Waals surface area contributed by atoms with Crippen LogP contribution >= 0.6 is 0 Å². The number of carboxylic acid groups (broad SMARTS) is 1. The van der Waals surface area contributed by atoms with Crippen LogP contribution in [-0.2, 0) is 4.79 Å². The fourth-order valence-corrected chi connectivity index (χ4v) is 2.23. The molecule has 0 atom stereocenters. The van der Waals surface area contributed by atoms with Crippen molar-refractivity contribution in [1.29, 1.82) is 15.8 Å². The average molecular weight is 261 g/mol. The summed E-state index contributed by atoms with van der Waals surface area (Å²) in [6.07, 6.45) is 0.102. The lowest BCUT2D eigenvalue weighted by atomic mass is 10.0. The summed E-state index contributed by atoms with van der Waals surface area (Å²) in [5, 5.41) is 36.0. The van der Waals surface area contributed by atoms with Gasteiger partial charge >= 0.3 is 5.97 Å². The zero-order valence-electron chi connectivity index (χ0n) is 10.2. The fourth-order valence-electron chi connectivity index (χ4n) is 2.23. The summed E-state index contributed by atoms with van der Waals surface area (Å²) in [6.45, 7) is 0. The molecule has 1 aromatic rings. The van der Waals surface area contributed by atoms with E-state index < -0.39 is 5.97 Å². The van der Waals surface area contributed by atoms with Crippen LogP contribution in [0.15, 0.2) is 35.4 Å². The highest BCUT2D eigenvalue weighted by atomic mass is 16.4. The number of fused-ring (bicyclic) bond motifs is 1. The molecule has 0 spiro atoms. The maximum Gasteiger partial charge on any atom is 0.346 e. The highest BCUT2D eigenvalue weighted by Gasteiger charge is 2.28. The zero-order chi connectivity index (χ0) is 14.7. The molecule has 0 bridgehead atoms. The Balaban J connectivity index is 2.82. The van der Waals surface area contributed by atoms with Gasteiger partial charge < -0.3 is 5.11 Å². The minimum atomic E-state index is -1.31. The van der Waals surface area contributed by atoms with Crippen molar-refractivity contribution in [3.63, 3.8) is 0 Å². The molecular weight excluding hydrogens is 254 g/mol. The number of nitriles is 3. The first-order chi connectivity index (χ1) is 9.63. The molecule has 20 heavy (non-hydrogen) atoms. The number of carbonyl (C=O) groups is 1. The van der Waals surface area contributed by atoms with E-state index in [4.69, 9.17) is 20.9 Å². The van der Waals surface area contributed by atoms with Crippen LogP contribution in [0.25, 0.3) is 11.1 Å². The van der Waals surface area contributed by atoms with Crippen LogP contribution in [0.2, 0.25) is 0 Å². The average Bonchev–Trinajstić information content (AvgIpc) is 2.81. The number of aliphatic carboxylic acids is 1. The largest absolute Gasteiger partial charge is 0.477 e. The number of allylic oxidation sites excluding steroid dienone is 3. The minimum Gasteiger partial charge on any atom is -0.477 e. The molecule has 5 nitrogen and oxygen atoms in total. The normalized spacial score (nSPS) is 14.6. The Morgan fingerprint density at radius 3 is 2.00 bits per heavy atom. The standard InChI is InChI=1S/C15H7N3O2/c16-6-9(7-17)12-5-13(14(8-18)15(19)20)11-4-2-1-3-10(11)12/h1-4H,5H2,(H,19,20)/b14-13-. The van der Waals surface area contributed by atoms with Gasteiger partial charge in [-0.15, -0.1) is 0 Å². The van der Waals surface area contributed by atoms with Crippen LogP contribution < -0.4 is 0 Å². The van der Waals surface area contributed by atoms with Crippen LogP contribution in [0.5, 0.6) is 0 Å². The molecule has 0 radical (unpaired) electrons. The molecular formula is C15H7N3O2. The van der Waals surface area contributed by atoms with Gasteiger partial charge in [0.25, 0.3) is 0 Å². The summed E-state index contributed by atoms with van der Waals surface area (Å²) in [6, 6.07) is 12.1. The topological polar surface area (TPSA) is 109 Å². The molecule has 94 valence electrons. The highest BCUT2D eigenvalue weighted by molar-refractivity contribution is 6.07. The molecule has 1 aliphatic carbocycles.